The van der Waals surface area contributed by atoms with Crippen LogP contribution in [0.1, 0.15) is 38.2 Å². The molecule has 0 radical (unpaired) electrons. The molecule has 4 nitrogen and oxygen atoms in total. The largest absolute Gasteiger partial charge is 0.326 e. The average molecular weight is 317 g/mol. The molecule has 0 saturated heterocycles. The van der Waals surface area contributed by atoms with Crippen LogP contribution in [-0.4, -0.2) is 15.0 Å². The summed E-state index contributed by atoms with van der Waals surface area (Å²) in [5, 5.41) is 0.394. The Morgan fingerprint density at radius 2 is 2.10 bits per heavy atom. The van der Waals surface area contributed by atoms with E-state index in [1.165, 1.54) is 6.07 Å². The topological polar surface area (TPSA) is 72.2 Å². The van der Waals surface area contributed by atoms with E-state index in [1.807, 2.05) is 0 Å². The van der Waals surface area contributed by atoms with Crippen molar-refractivity contribution in [1.82, 2.24) is 4.72 Å². The van der Waals surface area contributed by atoms with E-state index in [2.05, 4.69) is 11.6 Å². The van der Waals surface area contributed by atoms with Gasteiger partial charge in [-0.05, 0) is 42.4 Å². The minimum atomic E-state index is -3.49. The molecule has 0 heterocycles. The van der Waals surface area contributed by atoms with E-state index in [0.717, 1.165) is 31.2 Å². The molecule has 0 bridgehead atoms. The zero-order valence-electron chi connectivity index (χ0n) is 11.7. The van der Waals surface area contributed by atoms with Gasteiger partial charge in [0.1, 0.15) is 0 Å². The molecule has 1 aromatic rings. The van der Waals surface area contributed by atoms with Crippen molar-refractivity contribution in [3.05, 3.63) is 28.8 Å². The zero-order chi connectivity index (χ0) is 14.8. The van der Waals surface area contributed by atoms with Crippen LogP contribution in [0, 0.1) is 5.41 Å². The van der Waals surface area contributed by atoms with E-state index >= 15 is 0 Å². The second kappa shape index (κ2) is 6.02. The van der Waals surface area contributed by atoms with Crippen molar-refractivity contribution in [2.75, 3.05) is 6.54 Å². The zero-order valence-corrected chi connectivity index (χ0v) is 13.2. The van der Waals surface area contributed by atoms with Crippen molar-refractivity contribution < 1.29 is 8.42 Å². The summed E-state index contributed by atoms with van der Waals surface area (Å²) in [5.74, 6) is 0. The van der Waals surface area contributed by atoms with Crippen LogP contribution in [0.2, 0.25) is 5.02 Å². The first-order chi connectivity index (χ1) is 9.42. The number of rotatable bonds is 7. The van der Waals surface area contributed by atoms with Crippen LogP contribution in [0.5, 0.6) is 0 Å². The summed E-state index contributed by atoms with van der Waals surface area (Å²) in [6.45, 7) is 2.94. The summed E-state index contributed by atoms with van der Waals surface area (Å²) in [6, 6.07) is 4.68. The Morgan fingerprint density at radius 1 is 1.40 bits per heavy atom. The van der Waals surface area contributed by atoms with Crippen molar-refractivity contribution in [3.8, 4) is 0 Å². The molecule has 0 spiro atoms. The van der Waals surface area contributed by atoms with Gasteiger partial charge in [0.25, 0.3) is 0 Å². The number of nitrogens with two attached hydrogens (primary N) is 1. The Labute approximate surface area is 125 Å². The predicted octanol–water partition coefficient (Wildman–Crippen LogP) is 2.66. The van der Waals surface area contributed by atoms with E-state index in [1.54, 1.807) is 12.1 Å². The maximum Gasteiger partial charge on any atom is 0.240 e. The molecule has 1 aromatic carbocycles. The Kier molecular flexibility index (Phi) is 4.74. The van der Waals surface area contributed by atoms with Crippen LogP contribution in [-0.2, 0) is 16.6 Å². The second-order valence-electron chi connectivity index (χ2n) is 5.53. The van der Waals surface area contributed by atoms with Crippen molar-refractivity contribution in [2.45, 2.75) is 44.0 Å². The van der Waals surface area contributed by atoms with Gasteiger partial charge in [-0.15, -0.1) is 0 Å². The number of hydrogen-bond acceptors (Lipinski definition) is 3. The first kappa shape index (κ1) is 15.8. The summed E-state index contributed by atoms with van der Waals surface area (Å²) in [7, 11) is -3.49. The lowest BCUT2D eigenvalue weighted by atomic mass is 10.0. The molecule has 1 fully saturated rings. The highest BCUT2D eigenvalue weighted by atomic mass is 35.5. The SMILES string of the molecule is CCCC1(CNS(=O)(=O)c2ccc(CN)c(Cl)c2)CC1. The highest BCUT2D eigenvalue weighted by Crippen LogP contribution is 2.49. The quantitative estimate of drug-likeness (QED) is 0.812. The molecular formula is C14H21ClN2O2S. The molecule has 0 atom stereocenters. The van der Waals surface area contributed by atoms with Crippen molar-refractivity contribution in [3.63, 3.8) is 0 Å². The molecule has 0 aromatic heterocycles. The maximum atomic E-state index is 12.3. The Hall–Kier alpha value is -0.620. The van der Waals surface area contributed by atoms with Crippen molar-refractivity contribution >= 4 is 21.6 Å². The molecule has 112 valence electrons. The van der Waals surface area contributed by atoms with Crippen LogP contribution in [0.15, 0.2) is 23.1 Å². The Bertz CT molecular complexity index is 583. The molecule has 1 aliphatic carbocycles. The van der Waals surface area contributed by atoms with Gasteiger partial charge >= 0.3 is 0 Å². The normalized spacial score (nSPS) is 17.1. The van der Waals surface area contributed by atoms with Gasteiger partial charge in [0, 0.05) is 18.1 Å². The van der Waals surface area contributed by atoms with Crippen LogP contribution in [0.25, 0.3) is 0 Å². The molecule has 2 rings (SSSR count). The van der Waals surface area contributed by atoms with Gasteiger partial charge in [0.2, 0.25) is 10.0 Å². The fraction of sp³-hybridized carbons (Fsp3) is 0.571. The molecule has 0 unspecified atom stereocenters. The number of halogens is 1. The highest BCUT2D eigenvalue weighted by molar-refractivity contribution is 7.89. The summed E-state index contributed by atoms with van der Waals surface area (Å²) in [6.07, 6.45) is 4.37. The van der Waals surface area contributed by atoms with Gasteiger partial charge in [0.05, 0.1) is 4.90 Å². The van der Waals surface area contributed by atoms with E-state index < -0.39 is 10.0 Å². The van der Waals surface area contributed by atoms with Gasteiger partial charge in [-0.1, -0.05) is 31.0 Å². The number of nitrogens with one attached hydrogen (secondary N) is 1. The molecular weight excluding hydrogens is 296 g/mol. The van der Waals surface area contributed by atoms with Gasteiger partial charge in [-0.25, -0.2) is 13.1 Å². The summed E-state index contributed by atoms with van der Waals surface area (Å²) < 4.78 is 27.2. The molecule has 6 heteroatoms. The number of benzene rings is 1. The molecule has 3 N–H and O–H groups in total. The van der Waals surface area contributed by atoms with Crippen molar-refractivity contribution in [1.29, 1.82) is 0 Å². The molecule has 1 saturated carbocycles. The fourth-order valence-electron chi connectivity index (χ4n) is 2.41. The lowest BCUT2D eigenvalue weighted by Gasteiger charge is -2.15. The summed E-state index contributed by atoms with van der Waals surface area (Å²) >= 11 is 6.02. The average Bonchev–Trinajstić information content (AvgIpc) is 3.17. The number of hydrogen-bond donors (Lipinski definition) is 2. The third-order valence-electron chi connectivity index (χ3n) is 3.93. The maximum absolute atomic E-state index is 12.3. The molecule has 0 amide bonds. The predicted molar refractivity (Wildman–Crippen MR) is 81.1 cm³/mol. The fourth-order valence-corrected chi connectivity index (χ4v) is 3.92. The van der Waals surface area contributed by atoms with Gasteiger partial charge in [-0.2, -0.15) is 0 Å². The van der Waals surface area contributed by atoms with E-state index in [0.29, 0.717) is 18.1 Å². The van der Waals surface area contributed by atoms with Crippen molar-refractivity contribution in [2.24, 2.45) is 11.1 Å². The van der Waals surface area contributed by atoms with Gasteiger partial charge < -0.3 is 5.73 Å². The summed E-state index contributed by atoms with van der Waals surface area (Å²) in [5.41, 5.74) is 6.45. The minimum Gasteiger partial charge on any atom is -0.326 e. The number of sulfonamides is 1. The monoisotopic (exact) mass is 316 g/mol. The van der Waals surface area contributed by atoms with Crippen LogP contribution >= 0.6 is 11.6 Å². The molecule has 0 aliphatic heterocycles. The lowest BCUT2D eigenvalue weighted by Crippen LogP contribution is -2.30. The van der Waals surface area contributed by atoms with E-state index in [-0.39, 0.29) is 10.3 Å². The Balaban J connectivity index is 2.09. The molecule has 1 aliphatic rings. The second-order valence-corrected chi connectivity index (χ2v) is 7.71. The smallest absolute Gasteiger partial charge is 0.240 e. The van der Waals surface area contributed by atoms with Crippen LogP contribution < -0.4 is 10.5 Å². The first-order valence-electron chi connectivity index (χ1n) is 6.91. The van der Waals surface area contributed by atoms with Gasteiger partial charge in [0.15, 0.2) is 0 Å². The van der Waals surface area contributed by atoms with Crippen LogP contribution in [0.3, 0.4) is 0 Å². The Morgan fingerprint density at radius 3 is 2.60 bits per heavy atom. The van der Waals surface area contributed by atoms with E-state index in [9.17, 15) is 8.42 Å². The molecule has 20 heavy (non-hydrogen) atoms. The standard InChI is InChI=1S/C14H21ClN2O2S/c1-2-5-14(6-7-14)10-17-20(18,19)12-4-3-11(9-16)13(15)8-12/h3-4,8,17H,2,5-7,9-10,16H2,1H3. The van der Waals surface area contributed by atoms with Gasteiger partial charge in [-0.3, -0.25) is 0 Å². The lowest BCUT2D eigenvalue weighted by molar-refractivity contribution is 0.449. The summed E-state index contributed by atoms with van der Waals surface area (Å²) in [4.78, 5) is 0.201. The van der Waals surface area contributed by atoms with Crippen LogP contribution in [0.4, 0.5) is 0 Å². The third-order valence-corrected chi connectivity index (χ3v) is 5.68. The third kappa shape index (κ3) is 3.52. The first-order valence-corrected chi connectivity index (χ1v) is 8.77. The highest BCUT2D eigenvalue weighted by Gasteiger charge is 2.42. The minimum absolute atomic E-state index is 0.183. The van der Waals surface area contributed by atoms with E-state index in [4.69, 9.17) is 17.3 Å².